The quantitative estimate of drug-likeness (QED) is 0.294. The van der Waals surface area contributed by atoms with Crippen molar-refractivity contribution >= 4 is 12.0 Å². The van der Waals surface area contributed by atoms with Crippen LogP contribution < -0.4 is 16.4 Å². The molecule has 0 aliphatic heterocycles. The molecule has 0 fully saturated rings. The molecule has 13 heavy (non-hydrogen) atoms. The first kappa shape index (κ1) is 11.5. The second-order valence-corrected chi connectivity index (χ2v) is 2.66. The standard InChI is InChI=1S/C7H17N5O/c1-9-6(8)10-4-5-11-7(13)12(2)3/h4-5H2,1-3H3,(H,11,13)(H3,8,9,10). The molecule has 0 radical (unpaired) electrons. The van der Waals surface area contributed by atoms with Crippen molar-refractivity contribution in [3.8, 4) is 0 Å². The number of nitrogens with zero attached hydrogens (tertiary/aromatic N) is 2. The van der Waals surface area contributed by atoms with Crippen LogP contribution in [0.5, 0.6) is 0 Å². The van der Waals surface area contributed by atoms with E-state index in [9.17, 15) is 4.79 Å². The summed E-state index contributed by atoms with van der Waals surface area (Å²) < 4.78 is 0. The number of urea groups is 1. The number of hydrogen-bond donors (Lipinski definition) is 3. The normalized spacial score (nSPS) is 10.8. The first-order valence-corrected chi connectivity index (χ1v) is 3.99. The zero-order valence-electron chi connectivity index (χ0n) is 8.29. The Bertz CT molecular complexity index is 189. The molecule has 0 rings (SSSR count). The number of hydrogen-bond acceptors (Lipinski definition) is 2. The number of aliphatic imine (C=N–C) groups is 1. The Kier molecular flexibility index (Phi) is 5.42. The van der Waals surface area contributed by atoms with Crippen molar-refractivity contribution in [1.29, 1.82) is 0 Å². The molecule has 0 saturated carbocycles. The lowest BCUT2D eigenvalue weighted by atomic mass is 10.6. The largest absolute Gasteiger partial charge is 0.370 e. The maximum absolute atomic E-state index is 11.0. The number of nitrogens with one attached hydrogen (secondary N) is 2. The summed E-state index contributed by atoms with van der Waals surface area (Å²) in [4.78, 5) is 16.2. The molecular weight excluding hydrogens is 170 g/mol. The van der Waals surface area contributed by atoms with Crippen LogP contribution in [0.1, 0.15) is 0 Å². The molecule has 0 spiro atoms. The number of carbonyl (C=O) groups is 1. The van der Waals surface area contributed by atoms with Crippen LogP contribution in [-0.2, 0) is 0 Å². The van der Waals surface area contributed by atoms with Gasteiger partial charge in [0.25, 0.3) is 0 Å². The highest BCUT2D eigenvalue weighted by atomic mass is 16.2. The van der Waals surface area contributed by atoms with Crippen molar-refractivity contribution in [1.82, 2.24) is 15.5 Å². The Morgan fingerprint density at radius 3 is 2.38 bits per heavy atom. The van der Waals surface area contributed by atoms with E-state index in [2.05, 4.69) is 15.6 Å². The molecule has 76 valence electrons. The van der Waals surface area contributed by atoms with Crippen molar-refractivity contribution < 1.29 is 4.79 Å². The van der Waals surface area contributed by atoms with Crippen molar-refractivity contribution in [2.24, 2.45) is 10.7 Å². The Morgan fingerprint density at radius 2 is 1.92 bits per heavy atom. The number of guanidine groups is 1. The minimum absolute atomic E-state index is 0.117. The fourth-order valence-corrected chi connectivity index (χ4v) is 0.597. The summed E-state index contributed by atoms with van der Waals surface area (Å²) in [6.07, 6.45) is 0. The lowest BCUT2D eigenvalue weighted by molar-refractivity contribution is 0.217. The maximum Gasteiger partial charge on any atom is 0.316 e. The van der Waals surface area contributed by atoms with E-state index in [1.54, 1.807) is 21.1 Å². The lowest BCUT2D eigenvalue weighted by Crippen LogP contribution is -2.41. The monoisotopic (exact) mass is 187 g/mol. The van der Waals surface area contributed by atoms with Crippen LogP contribution in [0, 0.1) is 0 Å². The summed E-state index contributed by atoms with van der Waals surface area (Å²) in [5, 5.41) is 5.50. The zero-order chi connectivity index (χ0) is 10.3. The summed E-state index contributed by atoms with van der Waals surface area (Å²) in [7, 11) is 4.97. The first-order chi connectivity index (χ1) is 6.07. The van der Waals surface area contributed by atoms with Gasteiger partial charge in [-0.25, -0.2) is 4.79 Å². The van der Waals surface area contributed by atoms with Gasteiger partial charge in [0.05, 0.1) is 0 Å². The lowest BCUT2D eigenvalue weighted by Gasteiger charge is -2.12. The highest BCUT2D eigenvalue weighted by Gasteiger charge is 2.00. The van der Waals surface area contributed by atoms with Gasteiger partial charge in [0, 0.05) is 34.2 Å². The highest BCUT2D eigenvalue weighted by Crippen LogP contribution is 1.74. The van der Waals surface area contributed by atoms with E-state index in [1.165, 1.54) is 4.90 Å². The molecule has 0 aromatic rings. The molecule has 0 bridgehead atoms. The second-order valence-electron chi connectivity index (χ2n) is 2.66. The molecule has 4 N–H and O–H groups in total. The predicted molar refractivity (Wildman–Crippen MR) is 52.6 cm³/mol. The van der Waals surface area contributed by atoms with E-state index >= 15 is 0 Å². The molecular formula is C7H17N5O. The van der Waals surface area contributed by atoms with Gasteiger partial charge in [-0.1, -0.05) is 0 Å². The van der Waals surface area contributed by atoms with E-state index < -0.39 is 0 Å². The first-order valence-electron chi connectivity index (χ1n) is 3.99. The van der Waals surface area contributed by atoms with Gasteiger partial charge in [-0.2, -0.15) is 0 Å². The molecule has 0 unspecified atom stereocenters. The molecule has 0 atom stereocenters. The van der Waals surface area contributed by atoms with E-state index in [1.807, 2.05) is 0 Å². The van der Waals surface area contributed by atoms with E-state index in [-0.39, 0.29) is 6.03 Å². The number of rotatable bonds is 3. The molecule has 6 nitrogen and oxygen atoms in total. The van der Waals surface area contributed by atoms with Gasteiger partial charge < -0.3 is 21.3 Å². The Labute approximate surface area is 78.2 Å². The van der Waals surface area contributed by atoms with Gasteiger partial charge in [-0.3, -0.25) is 4.99 Å². The van der Waals surface area contributed by atoms with Gasteiger partial charge in [0.2, 0.25) is 0 Å². The van der Waals surface area contributed by atoms with E-state index in [0.717, 1.165) is 0 Å². The average molecular weight is 187 g/mol. The Morgan fingerprint density at radius 1 is 1.38 bits per heavy atom. The molecule has 2 amide bonds. The van der Waals surface area contributed by atoms with Crippen molar-refractivity contribution in [3.05, 3.63) is 0 Å². The smallest absolute Gasteiger partial charge is 0.316 e. The molecule has 0 heterocycles. The SMILES string of the molecule is CN=C(N)NCCNC(=O)N(C)C. The second kappa shape index (κ2) is 6.10. The van der Waals surface area contributed by atoms with Gasteiger partial charge in [-0.15, -0.1) is 0 Å². The topological polar surface area (TPSA) is 82.7 Å². The van der Waals surface area contributed by atoms with Crippen molar-refractivity contribution in [2.45, 2.75) is 0 Å². The van der Waals surface area contributed by atoms with Gasteiger partial charge >= 0.3 is 6.03 Å². The molecule has 6 heteroatoms. The maximum atomic E-state index is 11.0. The van der Waals surface area contributed by atoms with Crippen molar-refractivity contribution in [3.63, 3.8) is 0 Å². The molecule has 0 aromatic carbocycles. The molecule has 0 aliphatic carbocycles. The number of carbonyl (C=O) groups excluding carboxylic acids is 1. The molecule has 0 aliphatic rings. The fourth-order valence-electron chi connectivity index (χ4n) is 0.597. The van der Waals surface area contributed by atoms with Crippen LogP contribution in [0.3, 0.4) is 0 Å². The van der Waals surface area contributed by atoms with Gasteiger partial charge in [-0.05, 0) is 0 Å². The van der Waals surface area contributed by atoms with Crippen LogP contribution in [-0.4, -0.2) is 51.1 Å². The van der Waals surface area contributed by atoms with E-state index in [0.29, 0.717) is 19.0 Å². The molecule has 0 aromatic heterocycles. The third kappa shape index (κ3) is 5.77. The summed E-state index contributed by atoms with van der Waals surface area (Å²) in [5.74, 6) is 0.374. The van der Waals surface area contributed by atoms with Gasteiger partial charge in [0.15, 0.2) is 5.96 Å². The number of amides is 2. The predicted octanol–water partition coefficient (Wildman–Crippen LogP) is -1.21. The average Bonchev–Trinajstić information content (AvgIpc) is 2.11. The highest BCUT2D eigenvalue weighted by molar-refractivity contribution is 5.77. The van der Waals surface area contributed by atoms with Gasteiger partial charge in [0.1, 0.15) is 0 Å². The third-order valence-corrected chi connectivity index (χ3v) is 1.35. The van der Waals surface area contributed by atoms with Crippen LogP contribution >= 0.6 is 0 Å². The van der Waals surface area contributed by atoms with E-state index in [4.69, 9.17) is 5.73 Å². The minimum atomic E-state index is -0.117. The van der Waals surface area contributed by atoms with Crippen LogP contribution in [0.25, 0.3) is 0 Å². The minimum Gasteiger partial charge on any atom is -0.370 e. The molecule has 0 saturated heterocycles. The summed E-state index contributed by atoms with van der Waals surface area (Å²) in [5.41, 5.74) is 5.37. The third-order valence-electron chi connectivity index (χ3n) is 1.35. The van der Waals surface area contributed by atoms with Crippen molar-refractivity contribution in [2.75, 3.05) is 34.2 Å². The van der Waals surface area contributed by atoms with Crippen LogP contribution in [0.2, 0.25) is 0 Å². The summed E-state index contributed by atoms with van der Waals surface area (Å²) in [6, 6.07) is -0.117. The zero-order valence-corrected chi connectivity index (χ0v) is 8.29. The van der Waals surface area contributed by atoms with Crippen LogP contribution in [0.4, 0.5) is 4.79 Å². The Hall–Kier alpha value is -1.46. The fraction of sp³-hybridized carbons (Fsp3) is 0.714. The number of nitrogens with two attached hydrogens (primary N) is 1. The summed E-state index contributed by atoms with van der Waals surface area (Å²) in [6.45, 7) is 1.09. The Balaban J connectivity index is 3.41. The van der Waals surface area contributed by atoms with Crippen LogP contribution in [0.15, 0.2) is 4.99 Å². The summed E-state index contributed by atoms with van der Waals surface area (Å²) >= 11 is 0.